The quantitative estimate of drug-likeness (QED) is 0.791. The first-order chi connectivity index (χ1) is 11.9. The van der Waals surface area contributed by atoms with E-state index < -0.39 is 5.97 Å². The Labute approximate surface area is 148 Å². The van der Waals surface area contributed by atoms with E-state index >= 15 is 0 Å². The molecule has 0 saturated heterocycles. The Balaban J connectivity index is 1.92. The highest BCUT2D eigenvalue weighted by Crippen LogP contribution is 2.17. The molecule has 25 heavy (non-hydrogen) atoms. The van der Waals surface area contributed by atoms with Crippen LogP contribution in [0.5, 0.6) is 0 Å². The number of rotatable bonds is 6. The summed E-state index contributed by atoms with van der Waals surface area (Å²) in [7, 11) is 1.34. The number of anilines is 1. The van der Waals surface area contributed by atoms with Crippen molar-refractivity contribution in [1.29, 1.82) is 0 Å². The maximum Gasteiger partial charge on any atom is 0.337 e. The fraction of sp³-hybridized carbons (Fsp3) is 0.300. The van der Waals surface area contributed by atoms with Gasteiger partial charge < -0.3 is 15.4 Å². The maximum atomic E-state index is 12.2. The van der Waals surface area contributed by atoms with Gasteiger partial charge in [0.05, 0.1) is 25.3 Å². The van der Waals surface area contributed by atoms with Crippen LogP contribution >= 0.6 is 0 Å². The topological polar surface area (TPSA) is 67.4 Å². The fourth-order valence-corrected chi connectivity index (χ4v) is 2.47. The molecule has 0 saturated carbocycles. The minimum absolute atomic E-state index is 0.0741. The fourth-order valence-electron chi connectivity index (χ4n) is 2.47. The third-order valence-corrected chi connectivity index (χ3v) is 4.15. The zero-order valence-electron chi connectivity index (χ0n) is 15.1. The van der Waals surface area contributed by atoms with Gasteiger partial charge in [-0.2, -0.15) is 0 Å². The van der Waals surface area contributed by atoms with E-state index in [-0.39, 0.29) is 18.5 Å². The smallest absolute Gasteiger partial charge is 0.337 e. The molecule has 0 bridgehead atoms. The first-order valence-corrected chi connectivity index (χ1v) is 8.19. The van der Waals surface area contributed by atoms with E-state index in [0.29, 0.717) is 11.3 Å². The van der Waals surface area contributed by atoms with Crippen molar-refractivity contribution >= 4 is 17.6 Å². The number of hydrogen-bond donors (Lipinski definition) is 2. The number of carbonyl (C=O) groups excluding carboxylic acids is 2. The van der Waals surface area contributed by atoms with Crippen LogP contribution in [0.3, 0.4) is 0 Å². The number of amides is 1. The summed E-state index contributed by atoms with van der Waals surface area (Å²) in [5.74, 6) is -0.523. The van der Waals surface area contributed by atoms with Gasteiger partial charge in [-0.15, -0.1) is 0 Å². The molecule has 0 radical (unpaired) electrons. The largest absolute Gasteiger partial charge is 0.465 e. The second-order valence-electron chi connectivity index (χ2n) is 6.06. The third-order valence-electron chi connectivity index (χ3n) is 4.15. The highest BCUT2D eigenvalue weighted by atomic mass is 16.5. The molecule has 0 aromatic heterocycles. The molecule has 2 aromatic rings. The third kappa shape index (κ3) is 5.08. The Hall–Kier alpha value is -2.82. The minimum atomic E-state index is -0.406. The molecule has 132 valence electrons. The van der Waals surface area contributed by atoms with Crippen LogP contribution in [0.2, 0.25) is 0 Å². The average molecular weight is 340 g/mol. The van der Waals surface area contributed by atoms with E-state index in [2.05, 4.69) is 36.6 Å². The number of hydrogen-bond acceptors (Lipinski definition) is 4. The van der Waals surface area contributed by atoms with Crippen LogP contribution in [0.15, 0.2) is 42.5 Å². The summed E-state index contributed by atoms with van der Waals surface area (Å²) in [6.45, 7) is 6.21. The van der Waals surface area contributed by atoms with E-state index in [1.165, 1.54) is 18.2 Å². The summed E-state index contributed by atoms with van der Waals surface area (Å²) >= 11 is 0. The van der Waals surface area contributed by atoms with Crippen molar-refractivity contribution in [3.8, 4) is 0 Å². The van der Waals surface area contributed by atoms with Crippen LogP contribution in [-0.4, -0.2) is 25.5 Å². The Morgan fingerprint density at radius 3 is 2.52 bits per heavy atom. The second kappa shape index (κ2) is 8.33. The van der Waals surface area contributed by atoms with Gasteiger partial charge in [-0.3, -0.25) is 4.79 Å². The van der Waals surface area contributed by atoms with Crippen LogP contribution < -0.4 is 10.6 Å². The van der Waals surface area contributed by atoms with Gasteiger partial charge in [-0.25, -0.2) is 4.79 Å². The monoisotopic (exact) mass is 340 g/mol. The molecule has 2 rings (SSSR count). The standard InChI is InChI=1S/C20H24N2O3/c1-13-8-9-16(10-14(13)2)15(3)22-19(23)12-21-18-7-5-6-17(11-18)20(24)25-4/h5-11,15,21H,12H2,1-4H3,(H,22,23). The molecule has 5 heteroatoms. The molecule has 0 aliphatic carbocycles. The summed E-state index contributed by atoms with van der Waals surface area (Å²) in [6, 6.07) is 13.0. The minimum Gasteiger partial charge on any atom is -0.465 e. The molecular weight excluding hydrogens is 316 g/mol. The van der Waals surface area contributed by atoms with Gasteiger partial charge in [0, 0.05) is 5.69 Å². The number of esters is 1. The second-order valence-corrected chi connectivity index (χ2v) is 6.06. The molecular formula is C20H24N2O3. The number of benzene rings is 2. The van der Waals surface area contributed by atoms with E-state index in [4.69, 9.17) is 4.74 Å². The highest BCUT2D eigenvalue weighted by Gasteiger charge is 2.11. The van der Waals surface area contributed by atoms with Crippen molar-refractivity contribution in [1.82, 2.24) is 5.32 Å². The van der Waals surface area contributed by atoms with Crippen molar-refractivity contribution in [3.63, 3.8) is 0 Å². The lowest BCUT2D eigenvalue weighted by Gasteiger charge is -2.16. The Kier molecular flexibility index (Phi) is 6.17. The van der Waals surface area contributed by atoms with Gasteiger partial charge in [0.1, 0.15) is 0 Å². The van der Waals surface area contributed by atoms with Crippen LogP contribution in [0.1, 0.15) is 40.0 Å². The zero-order valence-corrected chi connectivity index (χ0v) is 15.1. The van der Waals surface area contributed by atoms with Gasteiger partial charge in [0.15, 0.2) is 0 Å². The van der Waals surface area contributed by atoms with Crippen molar-refractivity contribution in [3.05, 3.63) is 64.7 Å². The molecule has 2 N–H and O–H groups in total. The van der Waals surface area contributed by atoms with Gasteiger partial charge in [-0.05, 0) is 55.7 Å². The van der Waals surface area contributed by atoms with Gasteiger partial charge in [0.25, 0.3) is 0 Å². The number of nitrogens with one attached hydrogen (secondary N) is 2. The molecule has 1 amide bonds. The lowest BCUT2D eigenvalue weighted by molar-refractivity contribution is -0.120. The lowest BCUT2D eigenvalue weighted by atomic mass is 10.0. The Morgan fingerprint density at radius 2 is 1.84 bits per heavy atom. The Bertz CT molecular complexity index is 771. The van der Waals surface area contributed by atoms with Gasteiger partial charge in [0.2, 0.25) is 5.91 Å². The number of ether oxygens (including phenoxy) is 1. The average Bonchev–Trinajstić information content (AvgIpc) is 2.61. The highest BCUT2D eigenvalue weighted by molar-refractivity contribution is 5.90. The van der Waals surface area contributed by atoms with Crippen molar-refractivity contribution in [2.45, 2.75) is 26.8 Å². The maximum absolute atomic E-state index is 12.2. The van der Waals surface area contributed by atoms with E-state index in [9.17, 15) is 9.59 Å². The Morgan fingerprint density at radius 1 is 1.08 bits per heavy atom. The molecule has 0 spiro atoms. The molecule has 1 atom stereocenters. The lowest BCUT2D eigenvalue weighted by Crippen LogP contribution is -2.32. The van der Waals surface area contributed by atoms with E-state index in [1.807, 2.05) is 13.0 Å². The summed E-state index contributed by atoms with van der Waals surface area (Å²) in [5, 5.41) is 5.99. The van der Waals surface area contributed by atoms with E-state index in [0.717, 1.165) is 5.56 Å². The normalized spacial score (nSPS) is 11.5. The van der Waals surface area contributed by atoms with Crippen molar-refractivity contribution in [2.75, 3.05) is 19.0 Å². The van der Waals surface area contributed by atoms with E-state index in [1.54, 1.807) is 24.3 Å². The summed E-state index contributed by atoms with van der Waals surface area (Å²) in [6.07, 6.45) is 0. The van der Waals surface area contributed by atoms with Crippen LogP contribution in [0.25, 0.3) is 0 Å². The van der Waals surface area contributed by atoms with Crippen LogP contribution in [0, 0.1) is 13.8 Å². The van der Waals surface area contributed by atoms with Gasteiger partial charge >= 0.3 is 5.97 Å². The zero-order chi connectivity index (χ0) is 18.4. The SMILES string of the molecule is COC(=O)c1cccc(NCC(=O)NC(C)c2ccc(C)c(C)c2)c1. The summed E-state index contributed by atoms with van der Waals surface area (Å²) in [5.41, 5.74) is 4.64. The van der Waals surface area contributed by atoms with Gasteiger partial charge in [-0.1, -0.05) is 24.3 Å². The number of aryl methyl sites for hydroxylation is 2. The number of methoxy groups -OCH3 is 1. The van der Waals surface area contributed by atoms with Crippen molar-refractivity contribution < 1.29 is 14.3 Å². The summed E-state index contributed by atoms with van der Waals surface area (Å²) < 4.78 is 4.69. The molecule has 0 fully saturated rings. The first kappa shape index (κ1) is 18.5. The molecule has 0 heterocycles. The van der Waals surface area contributed by atoms with Crippen molar-refractivity contribution in [2.24, 2.45) is 0 Å². The molecule has 1 unspecified atom stereocenters. The predicted octanol–water partition coefficient (Wildman–Crippen LogP) is 3.38. The van der Waals surface area contributed by atoms with Crippen LogP contribution in [0.4, 0.5) is 5.69 Å². The molecule has 0 aliphatic heterocycles. The molecule has 0 aliphatic rings. The summed E-state index contributed by atoms with van der Waals surface area (Å²) in [4.78, 5) is 23.7. The van der Waals surface area contributed by atoms with Crippen LogP contribution in [-0.2, 0) is 9.53 Å². The predicted molar refractivity (Wildman–Crippen MR) is 98.7 cm³/mol. The number of carbonyl (C=O) groups is 2. The first-order valence-electron chi connectivity index (χ1n) is 8.19. The molecule has 2 aromatic carbocycles. The molecule has 5 nitrogen and oxygen atoms in total.